The molecule has 0 aliphatic heterocycles. The summed E-state index contributed by atoms with van der Waals surface area (Å²) in [5.41, 5.74) is 2.38. The number of ether oxygens (including phenoxy) is 2. The van der Waals surface area contributed by atoms with Gasteiger partial charge in [0.25, 0.3) is 0 Å². The van der Waals surface area contributed by atoms with E-state index in [1.165, 1.54) is 12.8 Å². The van der Waals surface area contributed by atoms with E-state index in [1.807, 2.05) is 42.5 Å². The molecule has 1 aliphatic carbocycles. The average Bonchev–Trinajstić information content (AvgIpc) is 3.27. The van der Waals surface area contributed by atoms with Gasteiger partial charge in [-0.1, -0.05) is 18.9 Å². The van der Waals surface area contributed by atoms with Crippen LogP contribution in [0.2, 0.25) is 0 Å². The Morgan fingerprint density at radius 3 is 2.31 bits per heavy atom. The van der Waals surface area contributed by atoms with Crippen LogP contribution in [0.4, 0.5) is 17.5 Å². The summed E-state index contributed by atoms with van der Waals surface area (Å²) in [5, 5.41) is 6.83. The molecule has 1 saturated carbocycles. The lowest BCUT2D eigenvalue weighted by Gasteiger charge is -2.15. The molecule has 3 aromatic rings. The minimum absolute atomic E-state index is 0.416. The minimum atomic E-state index is 0.416. The van der Waals surface area contributed by atoms with Crippen molar-refractivity contribution in [2.45, 2.75) is 31.7 Å². The van der Waals surface area contributed by atoms with Crippen LogP contribution in [0, 0.1) is 0 Å². The Hall–Kier alpha value is -3.35. The summed E-state index contributed by atoms with van der Waals surface area (Å²) < 4.78 is 10.7. The van der Waals surface area contributed by atoms with Gasteiger partial charge in [-0.15, -0.1) is 0 Å². The van der Waals surface area contributed by atoms with Gasteiger partial charge >= 0.3 is 0 Å². The average molecular weight is 391 g/mol. The highest BCUT2D eigenvalue weighted by atomic mass is 16.5. The highest BCUT2D eigenvalue weighted by Gasteiger charge is 2.17. The fourth-order valence-corrected chi connectivity index (χ4v) is 3.50. The van der Waals surface area contributed by atoms with Gasteiger partial charge in [-0.05, 0) is 25.0 Å². The summed E-state index contributed by atoms with van der Waals surface area (Å²) in [5.74, 6) is 2.69. The van der Waals surface area contributed by atoms with Crippen molar-refractivity contribution < 1.29 is 9.47 Å². The number of aromatic nitrogens is 3. The molecule has 0 spiro atoms. The lowest BCUT2D eigenvalue weighted by Crippen LogP contribution is -2.17. The number of hydrogen-bond acceptors (Lipinski definition) is 7. The molecular formula is C22H25N5O2. The Balaban J connectivity index is 1.68. The second-order valence-electron chi connectivity index (χ2n) is 7.03. The molecule has 0 atom stereocenters. The van der Waals surface area contributed by atoms with Crippen LogP contribution in [0.15, 0.2) is 48.7 Å². The summed E-state index contributed by atoms with van der Waals surface area (Å²) in [4.78, 5) is 13.8. The number of anilines is 3. The van der Waals surface area contributed by atoms with Crippen molar-refractivity contribution in [2.24, 2.45) is 0 Å². The summed E-state index contributed by atoms with van der Waals surface area (Å²) in [6.45, 7) is 0. The SMILES string of the molecule is COc1cc(Nc2cc(-c3ccccn3)nc(NC3CCCC3)n2)cc(OC)c1. The molecule has 2 heterocycles. The van der Waals surface area contributed by atoms with Gasteiger partial charge in [0.2, 0.25) is 5.95 Å². The molecule has 1 fully saturated rings. The first kappa shape index (κ1) is 19.0. The number of pyridine rings is 1. The van der Waals surface area contributed by atoms with E-state index in [4.69, 9.17) is 14.5 Å². The predicted octanol–water partition coefficient (Wildman–Crippen LogP) is 4.65. The summed E-state index contributed by atoms with van der Waals surface area (Å²) in [6, 6.07) is 13.7. The maximum atomic E-state index is 5.37. The Bertz CT molecular complexity index is 936. The van der Waals surface area contributed by atoms with Crippen molar-refractivity contribution in [1.82, 2.24) is 15.0 Å². The molecule has 0 saturated heterocycles. The van der Waals surface area contributed by atoms with Gasteiger partial charge in [0.05, 0.1) is 25.6 Å². The third-order valence-electron chi connectivity index (χ3n) is 4.97. The van der Waals surface area contributed by atoms with E-state index >= 15 is 0 Å². The normalized spacial score (nSPS) is 13.9. The van der Waals surface area contributed by atoms with Crippen molar-refractivity contribution in [3.63, 3.8) is 0 Å². The zero-order chi connectivity index (χ0) is 20.1. The highest BCUT2D eigenvalue weighted by Crippen LogP contribution is 2.29. The van der Waals surface area contributed by atoms with Gasteiger partial charge < -0.3 is 20.1 Å². The van der Waals surface area contributed by atoms with Gasteiger partial charge in [-0.25, -0.2) is 4.98 Å². The van der Waals surface area contributed by atoms with Gasteiger partial charge in [-0.2, -0.15) is 4.98 Å². The fourth-order valence-electron chi connectivity index (χ4n) is 3.50. The summed E-state index contributed by atoms with van der Waals surface area (Å²) in [7, 11) is 3.26. The first-order valence-corrected chi connectivity index (χ1v) is 9.80. The maximum Gasteiger partial charge on any atom is 0.225 e. The van der Waals surface area contributed by atoms with Crippen LogP contribution in [0.25, 0.3) is 11.4 Å². The number of methoxy groups -OCH3 is 2. The Kier molecular flexibility index (Phi) is 5.74. The zero-order valence-corrected chi connectivity index (χ0v) is 16.7. The van der Waals surface area contributed by atoms with E-state index in [2.05, 4.69) is 20.6 Å². The Morgan fingerprint density at radius 1 is 0.897 bits per heavy atom. The zero-order valence-electron chi connectivity index (χ0n) is 16.7. The molecule has 7 nitrogen and oxygen atoms in total. The molecule has 29 heavy (non-hydrogen) atoms. The first-order valence-electron chi connectivity index (χ1n) is 9.80. The number of rotatable bonds is 7. The van der Waals surface area contributed by atoms with Crippen LogP contribution >= 0.6 is 0 Å². The van der Waals surface area contributed by atoms with Gasteiger partial charge in [-0.3, -0.25) is 4.98 Å². The second-order valence-corrected chi connectivity index (χ2v) is 7.03. The van der Waals surface area contributed by atoms with Gasteiger partial charge in [0.1, 0.15) is 17.3 Å². The van der Waals surface area contributed by atoms with Crippen molar-refractivity contribution >= 4 is 17.5 Å². The number of nitrogens with zero attached hydrogens (tertiary/aromatic N) is 3. The Morgan fingerprint density at radius 2 is 1.66 bits per heavy atom. The summed E-state index contributed by atoms with van der Waals surface area (Å²) in [6.07, 6.45) is 6.54. The van der Waals surface area contributed by atoms with E-state index in [9.17, 15) is 0 Å². The monoisotopic (exact) mass is 391 g/mol. The van der Waals surface area contributed by atoms with E-state index in [-0.39, 0.29) is 0 Å². The lowest BCUT2D eigenvalue weighted by molar-refractivity contribution is 0.395. The van der Waals surface area contributed by atoms with E-state index in [0.717, 1.165) is 29.9 Å². The highest BCUT2D eigenvalue weighted by molar-refractivity contribution is 5.67. The molecule has 0 amide bonds. The van der Waals surface area contributed by atoms with Crippen LogP contribution < -0.4 is 20.1 Å². The molecular weight excluding hydrogens is 366 g/mol. The maximum absolute atomic E-state index is 5.37. The topological polar surface area (TPSA) is 81.2 Å². The number of benzene rings is 1. The lowest BCUT2D eigenvalue weighted by atomic mass is 10.2. The van der Waals surface area contributed by atoms with Crippen LogP contribution in [-0.4, -0.2) is 35.2 Å². The van der Waals surface area contributed by atoms with E-state index < -0.39 is 0 Å². The van der Waals surface area contributed by atoms with Crippen LogP contribution in [0.3, 0.4) is 0 Å². The van der Waals surface area contributed by atoms with Gasteiger partial charge in [0.15, 0.2) is 0 Å². The third kappa shape index (κ3) is 4.74. The first-order chi connectivity index (χ1) is 14.2. The van der Waals surface area contributed by atoms with Gasteiger partial charge in [0, 0.05) is 42.2 Å². The predicted molar refractivity (Wildman–Crippen MR) is 114 cm³/mol. The molecule has 7 heteroatoms. The van der Waals surface area contributed by atoms with Crippen LogP contribution in [-0.2, 0) is 0 Å². The quantitative estimate of drug-likeness (QED) is 0.606. The van der Waals surface area contributed by atoms with E-state index in [0.29, 0.717) is 29.3 Å². The number of hydrogen-bond donors (Lipinski definition) is 2. The Labute approximate surface area is 170 Å². The van der Waals surface area contributed by atoms with Crippen LogP contribution in [0.5, 0.6) is 11.5 Å². The standard InChI is InChI=1S/C22H25N5O2/c1-28-17-11-16(12-18(13-17)29-2)24-21-14-20(19-9-5-6-10-23-19)26-22(27-21)25-15-7-3-4-8-15/h5-6,9-15H,3-4,7-8H2,1-2H3,(H2,24,25,26,27). The van der Waals surface area contributed by atoms with Crippen molar-refractivity contribution in [1.29, 1.82) is 0 Å². The molecule has 1 aliphatic rings. The second kappa shape index (κ2) is 8.77. The fraction of sp³-hybridized carbons (Fsp3) is 0.318. The molecule has 0 radical (unpaired) electrons. The van der Waals surface area contributed by atoms with E-state index in [1.54, 1.807) is 20.4 Å². The molecule has 0 unspecified atom stereocenters. The van der Waals surface area contributed by atoms with Crippen LogP contribution in [0.1, 0.15) is 25.7 Å². The van der Waals surface area contributed by atoms with Crippen molar-refractivity contribution in [3.8, 4) is 22.9 Å². The summed E-state index contributed by atoms with van der Waals surface area (Å²) >= 11 is 0. The molecule has 0 bridgehead atoms. The largest absolute Gasteiger partial charge is 0.497 e. The van der Waals surface area contributed by atoms with Crippen molar-refractivity contribution in [3.05, 3.63) is 48.7 Å². The molecule has 2 N–H and O–H groups in total. The van der Waals surface area contributed by atoms with Crippen molar-refractivity contribution in [2.75, 3.05) is 24.9 Å². The third-order valence-corrected chi connectivity index (χ3v) is 4.97. The molecule has 4 rings (SSSR count). The smallest absolute Gasteiger partial charge is 0.225 e. The number of nitrogens with one attached hydrogen (secondary N) is 2. The minimum Gasteiger partial charge on any atom is -0.497 e. The molecule has 2 aromatic heterocycles. The molecule has 150 valence electrons. The molecule has 1 aromatic carbocycles.